The quantitative estimate of drug-likeness (QED) is 0.734. The molecule has 2 saturated heterocycles. The molecule has 1 amide bonds. The first-order chi connectivity index (χ1) is 13.9. The maximum Gasteiger partial charge on any atom is 0.273 e. The monoisotopic (exact) mass is 404 g/mol. The molecule has 0 bridgehead atoms. The van der Waals surface area contributed by atoms with Crippen LogP contribution in [-0.4, -0.2) is 79.1 Å². The predicted molar refractivity (Wildman–Crippen MR) is 102 cm³/mol. The smallest absolute Gasteiger partial charge is 0.273 e. The molecular weight excluding hydrogens is 376 g/mol. The number of piperidine rings is 1. The Morgan fingerprint density at radius 1 is 1.31 bits per heavy atom. The first-order valence-electron chi connectivity index (χ1n) is 9.99. The molecular formula is C19H28N6O4. The van der Waals surface area contributed by atoms with E-state index in [0.717, 1.165) is 39.0 Å². The van der Waals surface area contributed by atoms with Crippen molar-refractivity contribution in [1.82, 2.24) is 30.0 Å². The Balaban J connectivity index is 1.30. The highest BCUT2D eigenvalue weighted by atomic mass is 16.5. The lowest BCUT2D eigenvalue weighted by atomic mass is 9.75. The summed E-state index contributed by atoms with van der Waals surface area (Å²) in [5.41, 5.74) is -1.19. The second-order valence-corrected chi connectivity index (χ2v) is 8.35. The van der Waals surface area contributed by atoms with Gasteiger partial charge in [-0.05, 0) is 19.8 Å². The van der Waals surface area contributed by atoms with E-state index in [-0.39, 0.29) is 23.8 Å². The van der Waals surface area contributed by atoms with Crippen LogP contribution in [0.4, 0.5) is 0 Å². The molecule has 0 unspecified atom stereocenters. The average molecular weight is 404 g/mol. The van der Waals surface area contributed by atoms with Gasteiger partial charge in [0.1, 0.15) is 18.9 Å². The second kappa shape index (κ2) is 7.85. The minimum Gasteiger partial charge on any atom is -0.448 e. The number of hydrogen-bond donors (Lipinski definition) is 2. The van der Waals surface area contributed by atoms with Crippen LogP contribution >= 0.6 is 0 Å². The third kappa shape index (κ3) is 4.49. The van der Waals surface area contributed by atoms with Gasteiger partial charge in [-0.15, -0.1) is 10.2 Å². The fraction of sp³-hybridized carbons (Fsp3) is 0.684. The van der Waals surface area contributed by atoms with Crippen molar-refractivity contribution in [3.8, 4) is 0 Å². The minimum atomic E-state index is -1.06. The number of nitrogens with one attached hydrogen (secondary N) is 1. The van der Waals surface area contributed by atoms with E-state index in [4.69, 9.17) is 9.15 Å². The summed E-state index contributed by atoms with van der Waals surface area (Å²) in [5, 5.41) is 21.6. The summed E-state index contributed by atoms with van der Waals surface area (Å²) >= 11 is 0. The van der Waals surface area contributed by atoms with Gasteiger partial charge in [-0.25, -0.2) is 4.98 Å². The van der Waals surface area contributed by atoms with Crippen molar-refractivity contribution in [1.29, 1.82) is 0 Å². The Labute approximate surface area is 169 Å². The van der Waals surface area contributed by atoms with Crippen LogP contribution in [0.1, 0.15) is 42.6 Å². The number of oxazole rings is 1. The van der Waals surface area contributed by atoms with Crippen molar-refractivity contribution in [2.24, 2.45) is 0 Å². The van der Waals surface area contributed by atoms with Crippen molar-refractivity contribution in [2.75, 3.05) is 26.2 Å². The number of rotatable bonds is 5. The van der Waals surface area contributed by atoms with Crippen LogP contribution in [0.25, 0.3) is 0 Å². The molecule has 2 aliphatic rings. The van der Waals surface area contributed by atoms with Gasteiger partial charge in [0.25, 0.3) is 5.91 Å². The summed E-state index contributed by atoms with van der Waals surface area (Å²) in [4.78, 5) is 18.8. The number of carbonyl (C=O) groups is 1. The minimum absolute atomic E-state index is 0.208. The molecule has 10 nitrogen and oxygen atoms in total. The molecule has 2 atom stereocenters. The van der Waals surface area contributed by atoms with Gasteiger partial charge >= 0.3 is 0 Å². The van der Waals surface area contributed by atoms with E-state index in [0.29, 0.717) is 12.3 Å². The van der Waals surface area contributed by atoms with Crippen molar-refractivity contribution in [3.63, 3.8) is 0 Å². The number of carbonyl (C=O) groups excluding carboxylic acids is 1. The van der Waals surface area contributed by atoms with Gasteiger partial charge < -0.3 is 29.0 Å². The molecule has 29 heavy (non-hydrogen) atoms. The van der Waals surface area contributed by atoms with Crippen molar-refractivity contribution < 1.29 is 19.1 Å². The summed E-state index contributed by atoms with van der Waals surface area (Å²) in [5.74, 6) is 0.0623. The Morgan fingerprint density at radius 2 is 2.03 bits per heavy atom. The van der Waals surface area contributed by atoms with Crippen molar-refractivity contribution >= 4 is 5.91 Å². The van der Waals surface area contributed by atoms with E-state index in [1.54, 1.807) is 26.5 Å². The number of aliphatic hydroxyl groups is 1. The highest BCUT2D eigenvalue weighted by Gasteiger charge is 2.49. The second-order valence-electron chi connectivity index (χ2n) is 8.35. The van der Waals surface area contributed by atoms with Gasteiger partial charge in [0.15, 0.2) is 11.6 Å². The third-order valence-corrected chi connectivity index (χ3v) is 6.05. The fourth-order valence-corrected chi connectivity index (χ4v) is 4.26. The molecule has 2 aliphatic heterocycles. The third-order valence-electron chi connectivity index (χ3n) is 6.05. The predicted octanol–water partition coefficient (Wildman–Crippen LogP) is 0.379. The summed E-state index contributed by atoms with van der Waals surface area (Å²) in [6, 6.07) is -0.496. The Kier molecular flexibility index (Phi) is 5.41. The van der Waals surface area contributed by atoms with Crippen LogP contribution in [0, 0.1) is 6.92 Å². The zero-order valence-corrected chi connectivity index (χ0v) is 16.9. The van der Waals surface area contributed by atoms with E-state index >= 15 is 0 Å². The van der Waals surface area contributed by atoms with E-state index in [1.165, 1.54) is 6.26 Å². The lowest BCUT2D eigenvalue weighted by molar-refractivity contribution is -0.186. The molecule has 10 heteroatoms. The Bertz CT molecular complexity index is 826. The number of aromatic nitrogens is 4. The van der Waals surface area contributed by atoms with Crippen LogP contribution in [0.15, 0.2) is 23.3 Å². The van der Waals surface area contributed by atoms with E-state index in [2.05, 4.69) is 25.4 Å². The highest BCUT2D eigenvalue weighted by Crippen LogP contribution is 2.39. The number of ether oxygens (including phenoxy) is 1. The molecule has 0 saturated carbocycles. The molecule has 2 aromatic heterocycles. The van der Waals surface area contributed by atoms with Gasteiger partial charge in [-0.3, -0.25) is 4.79 Å². The van der Waals surface area contributed by atoms with Gasteiger partial charge in [-0.1, -0.05) is 0 Å². The first-order valence-corrected chi connectivity index (χ1v) is 9.99. The average Bonchev–Trinajstić information content (AvgIpc) is 3.35. The molecule has 0 radical (unpaired) electrons. The normalized spacial score (nSPS) is 27.2. The van der Waals surface area contributed by atoms with Crippen LogP contribution in [0.2, 0.25) is 0 Å². The van der Waals surface area contributed by atoms with Gasteiger partial charge in [-0.2, -0.15) is 0 Å². The summed E-state index contributed by atoms with van der Waals surface area (Å²) < 4.78 is 13.3. The maximum absolute atomic E-state index is 12.4. The Hall–Kier alpha value is -2.30. The molecule has 0 aliphatic carbocycles. The zero-order chi connectivity index (χ0) is 20.5. The number of hydrogen-bond acceptors (Lipinski definition) is 8. The molecule has 158 valence electrons. The summed E-state index contributed by atoms with van der Waals surface area (Å²) in [7, 11) is 0. The van der Waals surface area contributed by atoms with E-state index < -0.39 is 11.6 Å². The molecule has 2 fully saturated rings. The molecule has 2 N–H and O–H groups in total. The van der Waals surface area contributed by atoms with Gasteiger partial charge in [0.05, 0.1) is 23.9 Å². The Morgan fingerprint density at radius 3 is 2.66 bits per heavy atom. The molecule has 1 spiro atoms. The summed E-state index contributed by atoms with van der Waals surface area (Å²) in [6.45, 7) is 7.33. The van der Waals surface area contributed by atoms with Crippen molar-refractivity contribution in [2.45, 2.75) is 56.9 Å². The number of amides is 1. The SMILES string of the molecule is Cc1nc(C(=O)N[C@H]2COC3(CCN(CCn4cnnc4)CC3)C[C@]2(C)O)co1. The molecule has 4 rings (SSSR count). The number of aryl methyl sites for hydroxylation is 1. The zero-order valence-electron chi connectivity index (χ0n) is 16.9. The van der Waals surface area contributed by atoms with Gasteiger partial charge in [0, 0.05) is 39.5 Å². The highest BCUT2D eigenvalue weighted by molar-refractivity contribution is 5.92. The van der Waals surface area contributed by atoms with E-state index in [1.807, 2.05) is 4.57 Å². The molecule has 2 aromatic rings. The van der Waals surface area contributed by atoms with Crippen LogP contribution in [0.5, 0.6) is 0 Å². The lowest BCUT2D eigenvalue weighted by Gasteiger charge is -2.51. The topological polar surface area (TPSA) is 119 Å². The van der Waals surface area contributed by atoms with Crippen LogP contribution in [-0.2, 0) is 11.3 Å². The van der Waals surface area contributed by atoms with E-state index in [9.17, 15) is 9.90 Å². The standard InChI is InChI=1S/C19H28N6O4/c1-14-22-15(9-28-14)17(26)23-16-10-29-19(11-18(16,2)27)3-5-24(6-4-19)7-8-25-12-20-21-13-25/h9,12-13,16,27H,3-8,10-11H2,1-2H3,(H,23,26)/t16-,18-/m0/s1. The number of nitrogens with zero attached hydrogens (tertiary/aromatic N) is 5. The maximum atomic E-state index is 12.4. The van der Waals surface area contributed by atoms with Crippen LogP contribution < -0.4 is 5.32 Å². The molecule has 0 aromatic carbocycles. The largest absolute Gasteiger partial charge is 0.448 e. The van der Waals surface area contributed by atoms with Crippen molar-refractivity contribution in [3.05, 3.63) is 30.5 Å². The first kappa shape index (κ1) is 20.0. The fourth-order valence-electron chi connectivity index (χ4n) is 4.26. The number of likely N-dealkylation sites (tertiary alicyclic amines) is 1. The lowest BCUT2D eigenvalue weighted by Crippen LogP contribution is -2.64. The molecule has 4 heterocycles. The van der Waals surface area contributed by atoms with Crippen LogP contribution in [0.3, 0.4) is 0 Å². The summed E-state index contributed by atoms with van der Waals surface area (Å²) in [6.07, 6.45) is 6.97. The van der Waals surface area contributed by atoms with Gasteiger partial charge in [0.2, 0.25) is 0 Å².